The molecule has 0 saturated heterocycles. The quantitative estimate of drug-likeness (QED) is 0.754. The van der Waals surface area contributed by atoms with E-state index in [-0.39, 0.29) is 0 Å². The normalized spacial score (nSPS) is 10.6. The predicted molar refractivity (Wildman–Crippen MR) is 89.8 cm³/mol. The minimum absolute atomic E-state index is 0.781. The summed E-state index contributed by atoms with van der Waals surface area (Å²) < 4.78 is 2.99. The number of nitrogens with zero attached hydrogens (tertiary/aromatic N) is 2. The van der Waals surface area contributed by atoms with E-state index < -0.39 is 0 Å². The second-order valence-electron chi connectivity index (χ2n) is 4.95. The molecule has 2 aromatic carbocycles. The molecule has 0 saturated carbocycles. The molecule has 4 heteroatoms. The van der Waals surface area contributed by atoms with Crippen molar-refractivity contribution in [1.29, 1.82) is 0 Å². The average molecular weight is 342 g/mol. The van der Waals surface area contributed by atoms with E-state index in [1.54, 1.807) is 6.20 Å². The van der Waals surface area contributed by atoms with Gasteiger partial charge in [0.05, 0.1) is 5.69 Å². The van der Waals surface area contributed by atoms with Crippen LogP contribution < -0.4 is 5.32 Å². The van der Waals surface area contributed by atoms with Crippen molar-refractivity contribution in [3.8, 4) is 5.69 Å². The number of benzene rings is 2. The number of rotatable bonds is 4. The van der Waals surface area contributed by atoms with Gasteiger partial charge in [0.2, 0.25) is 0 Å². The molecule has 21 heavy (non-hydrogen) atoms. The first kappa shape index (κ1) is 13.9. The maximum absolute atomic E-state index is 4.25. The van der Waals surface area contributed by atoms with Crippen LogP contribution in [0, 0.1) is 6.92 Å². The van der Waals surface area contributed by atoms with Gasteiger partial charge in [-0.15, -0.1) is 0 Å². The molecule has 0 aliphatic carbocycles. The second-order valence-corrected chi connectivity index (χ2v) is 5.80. The maximum Gasteiger partial charge on any atom is 0.0666 e. The smallest absolute Gasteiger partial charge is 0.0666 e. The van der Waals surface area contributed by atoms with E-state index in [9.17, 15) is 0 Å². The fourth-order valence-electron chi connectivity index (χ4n) is 2.17. The Labute approximate surface area is 132 Å². The van der Waals surface area contributed by atoms with Gasteiger partial charge in [-0.1, -0.05) is 34.1 Å². The number of aromatic nitrogens is 2. The summed E-state index contributed by atoms with van der Waals surface area (Å²) in [6, 6.07) is 16.6. The molecule has 0 radical (unpaired) electrons. The van der Waals surface area contributed by atoms with Gasteiger partial charge in [0, 0.05) is 29.1 Å². The van der Waals surface area contributed by atoms with Gasteiger partial charge in [-0.05, 0) is 48.4 Å². The molecule has 0 atom stereocenters. The molecule has 0 aliphatic heterocycles. The van der Waals surface area contributed by atoms with E-state index in [0.717, 1.165) is 22.4 Å². The SMILES string of the molecule is Cc1ccc(CNc2cccc(-n3cccn3)c2)c(Br)c1. The Hall–Kier alpha value is -2.07. The summed E-state index contributed by atoms with van der Waals surface area (Å²) >= 11 is 3.61. The molecule has 0 amide bonds. The lowest BCUT2D eigenvalue weighted by Crippen LogP contribution is -2.02. The number of hydrogen-bond acceptors (Lipinski definition) is 2. The van der Waals surface area contributed by atoms with Gasteiger partial charge in [0.25, 0.3) is 0 Å². The van der Waals surface area contributed by atoms with Gasteiger partial charge in [-0.3, -0.25) is 0 Å². The Morgan fingerprint density at radius 3 is 2.81 bits per heavy atom. The third-order valence-electron chi connectivity index (χ3n) is 3.31. The van der Waals surface area contributed by atoms with Crippen molar-refractivity contribution in [2.75, 3.05) is 5.32 Å². The molecule has 1 aromatic heterocycles. The molecular weight excluding hydrogens is 326 g/mol. The fraction of sp³-hybridized carbons (Fsp3) is 0.118. The van der Waals surface area contributed by atoms with Crippen LogP contribution in [0.5, 0.6) is 0 Å². The molecule has 0 fully saturated rings. The fourth-order valence-corrected chi connectivity index (χ4v) is 2.81. The Balaban J connectivity index is 1.75. The highest BCUT2D eigenvalue weighted by Crippen LogP contribution is 2.20. The van der Waals surface area contributed by atoms with Crippen LogP contribution in [0.25, 0.3) is 5.69 Å². The maximum atomic E-state index is 4.25. The van der Waals surface area contributed by atoms with E-state index in [0.29, 0.717) is 0 Å². The van der Waals surface area contributed by atoms with Crippen molar-refractivity contribution >= 4 is 21.6 Å². The van der Waals surface area contributed by atoms with Crippen molar-refractivity contribution in [3.05, 3.63) is 76.5 Å². The van der Waals surface area contributed by atoms with E-state index >= 15 is 0 Å². The van der Waals surface area contributed by atoms with Crippen LogP contribution in [0.3, 0.4) is 0 Å². The van der Waals surface area contributed by atoms with Gasteiger partial charge in [0.15, 0.2) is 0 Å². The highest BCUT2D eigenvalue weighted by molar-refractivity contribution is 9.10. The summed E-state index contributed by atoms with van der Waals surface area (Å²) in [6.07, 6.45) is 3.72. The molecule has 3 rings (SSSR count). The number of halogens is 1. The molecule has 3 aromatic rings. The molecule has 3 nitrogen and oxygen atoms in total. The highest BCUT2D eigenvalue weighted by Gasteiger charge is 2.02. The summed E-state index contributed by atoms with van der Waals surface area (Å²) in [5, 5.41) is 7.70. The molecule has 1 heterocycles. The van der Waals surface area contributed by atoms with Gasteiger partial charge in [-0.25, -0.2) is 4.68 Å². The van der Waals surface area contributed by atoms with E-state index in [1.807, 2.05) is 29.1 Å². The van der Waals surface area contributed by atoms with Crippen molar-refractivity contribution in [2.24, 2.45) is 0 Å². The summed E-state index contributed by atoms with van der Waals surface area (Å²) in [7, 11) is 0. The number of nitrogens with one attached hydrogen (secondary N) is 1. The van der Waals surface area contributed by atoms with Gasteiger partial charge < -0.3 is 5.32 Å². The zero-order valence-electron chi connectivity index (χ0n) is 11.8. The van der Waals surface area contributed by atoms with Crippen LogP contribution in [-0.2, 0) is 6.54 Å². The third-order valence-corrected chi connectivity index (χ3v) is 4.04. The zero-order chi connectivity index (χ0) is 14.7. The van der Waals surface area contributed by atoms with Crippen LogP contribution in [0.15, 0.2) is 65.4 Å². The van der Waals surface area contributed by atoms with Gasteiger partial charge in [-0.2, -0.15) is 5.10 Å². The van der Waals surface area contributed by atoms with E-state index in [1.165, 1.54) is 11.1 Å². The summed E-state index contributed by atoms with van der Waals surface area (Å²) in [5.74, 6) is 0. The number of anilines is 1. The second kappa shape index (κ2) is 6.14. The molecule has 0 aliphatic rings. The van der Waals surface area contributed by atoms with Crippen LogP contribution >= 0.6 is 15.9 Å². The lowest BCUT2D eigenvalue weighted by Gasteiger charge is -2.10. The Morgan fingerprint density at radius 1 is 1.14 bits per heavy atom. The summed E-state index contributed by atoms with van der Waals surface area (Å²) in [5.41, 5.74) is 4.62. The first-order valence-electron chi connectivity index (χ1n) is 6.81. The standard InChI is InChI=1S/C17H16BrN3/c1-13-6-7-14(17(18)10-13)12-19-15-4-2-5-16(11-15)21-9-3-8-20-21/h2-11,19H,12H2,1H3. The number of aryl methyl sites for hydroxylation is 1. The van der Waals surface area contributed by atoms with Crippen LogP contribution in [0.2, 0.25) is 0 Å². The zero-order valence-corrected chi connectivity index (χ0v) is 13.3. The topological polar surface area (TPSA) is 29.9 Å². The molecule has 0 bridgehead atoms. The summed E-state index contributed by atoms with van der Waals surface area (Å²) in [4.78, 5) is 0. The lowest BCUT2D eigenvalue weighted by atomic mass is 10.1. The van der Waals surface area contributed by atoms with Crippen molar-refractivity contribution < 1.29 is 0 Å². The largest absolute Gasteiger partial charge is 0.381 e. The minimum Gasteiger partial charge on any atom is -0.381 e. The molecule has 0 unspecified atom stereocenters. The average Bonchev–Trinajstić information content (AvgIpc) is 3.01. The molecule has 0 spiro atoms. The van der Waals surface area contributed by atoms with E-state index in [2.05, 4.69) is 63.6 Å². The van der Waals surface area contributed by atoms with Gasteiger partial charge >= 0.3 is 0 Å². The first-order chi connectivity index (χ1) is 10.2. The van der Waals surface area contributed by atoms with Gasteiger partial charge in [0.1, 0.15) is 0 Å². The Morgan fingerprint density at radius 2 is 2.05 bits per heavy atom. The number of hydrogen-bond donors (Lipinski definition) is 1. The molecular formula is C17H16BrN3. The van der Waals surface area contributed by atoms with Crippen LogP contribution in [0.4, 0.5) is 5.69 Å². The Bertz CT molecular complexity index is 736. The third kappa shape index (κ3) is 3.34. The first-order valence-corrected chi connectivity index (χ1v) is 7.61. The minimum atomic E-state index is 0.781. The Kier molecular flexibility index (Phi) is 4.06. The molecule has 1 N–H and O–H groups in total. The molecule has 106 valence electrons. The van der Waals surface area contributed by atoms with Crippen molar-refractivity contribution in [3.63, 3.8) is 0 Å². The predicted octanol–water partition coefficient (Wildman–Crippen LogP) is 4.56. The summed E-state index contributed by atoms with van der Waals surface area (Å²) in [6.45, 7) is 2.87. The van der Waals surface area contributed by atoms with Crippen LogP contribution in [0.1, 0.15) is 11.1 Å². The van der Waals surface area contributed by atoms with E-state index in [4.69, 9.17) is 0 Å². The van der Waals surface area contributed by atoms with Crippen LogP contribution in [-0.4, -0.2) is 9.78 Å². The van der Waals surface area contributed by atoms with Crippen molar-refractivity contribution in [1.82, 2.24) is 9.78 Å². The monoisotopic (exact) mass is 341 g/mol. The van der Waals surface area contributed by atoms with Crippen molar-refractivity contribution in [2.45, 2.75) is 13.5 Å². The lowest BCUT2D eigenvalue weighted by molar-refractivity contribution is 0.880. The highest BCUT2D eigenvalue weighted by atomic mass is 79.9.